The summed E-state index contributed by atoms with van der Waals surface area (Å²) in [5, 5.41) is 3.13. The lowest BCUT2D eigenvalue weighted by Gasteiger charge is -2.10. The molecule has 0 aliphatic rings. The Kier molecular flexibility index (Phi) is 4.47. The summed E-state index contributed by atoms with van der Waals surface area (Å²) >= 11 is 1.92. The molecule has 3 nitrogen and oxygen atoms in total. The Balaban J connectivity index is 2.07. The van der Waals surface area contributed by atoms with Crippen LogP contribution in [-0.4, -0.2) is 7.11 Å². The van der Waals surface area contributed by atoms with E-state index >= 15 is 0 Å². The Hall–Kier alpha value is -1.50. The van der Waals surface area contributed by atoms with E-state index < -0.39 is 0 Å². The molecule has 0 amide bonds. The summed E-state index contributed by atoms with van der Waals surface area (Å²) < 4.78 is 19.1. The molecule has 0 saturated heterocycles. The van der Waals surface area contributed by atoms with Gasteiger partial charge in [0.25, 0.3) is 0 Å². The van der Waals surface area contributed by atoms with Crippen molar-refractivity contribution in [3.8, 4) is 5.75 Å². The highest BCUT2D eigenvalue weighted by molar-refractivity contribution is 14.1. The molecule has 0 fully saturated rings. The summed E-state index contributed by atoms with van der Waals surface area (Å²) in [6.45, 7) is 0.578. The van der Waals surface area contributed by atoms with Gasteiger partial charge in [0, 0.05) is 12.6 Å². The molecule has 5 heteroatoms. The van der Waals surface area contributed by atoms with Gasteiger partial charge in [0.2, 0.25) is 0 Å². The number of benzene rings is 2. The molecule has 0 aliphatic carbocycles. The van der Waals surface area contributed by atoms with Gasteiger partial charge in [-0.2, -0.15) is 0 Å². The molecular formula is C14H14FIN2O. The summed E-state index contributed by atoms with van der Waals surface area (Å²) in [6.07, 6.45) is 0. The van der Waals surface area contributed by atoms with Crippen molar-refractivity contribution in [1.29, 1.82) is 0 Å². The molecule has 0 spiro atoms. The molecule has 2 rings (SSSR count). The molecule has 0 radical (unpaired) electrons. The van der Waals surface area contributed by atoms with Gasteiger partial charge < -0.3 is 15.8 Å². The summed E-state index contributed by atoms with van der Waals surface area (Å²) in [7, 11) is 1.63. The first-order valence-corrected chi connectivity index (χ1v) is 6.79. The van der Waals surface area contributed by atoms with Crippen molar-refractivity contribution in [3.05, 3.63) is 51.3 Å². The Bertz CT molecular complexity index is 572. The van der Waals surface area contributed by atoms with Crippen LogP contribution in [0.25, 0.3) is 0 Å². The van der Waals surface area contributed by atoms with Gasteiger partial charge in [-0.3, -0.25) is 0 Å². The molecule has 0 bridgehead atoms. The third-order valence-electron chi connectivity index (χ3n) is 2.73. The topological polar surface area (TPSA) is 47.3 Å². The minimum absolute atomic E-state index is 0.271. The van der Waals surface area contributed by atoms with E-state index in [1.807, 2.05) is 46.9 Å². The molecule has 0 saturated carbocycles. The van der Waals surface area contributed by atoms with Crippen molar-refractivity contribution >= 4 is 34.0 Å². The number of methoxy groups -OCH3 is 1. The predicted molar refractivity (Wildman–Crippen MR) is 83.9 cm³/mol. The highest BCUT2D eigenvalue weighted by Crippen LogP contribution is 2.24. The number of nitrogens with two attached hydrogens (primary N) is 1. The Labute approximate surface area is 125 Å². The highest BCUT2D eigenvalue weighted by Gasteiger charge is 2.05. The van der Waals surface area contributed by atoms with Gasteiger partial charge in [0.05, 0.1) is 22.1 Å². The van der Waals surface area contributed by atoms with E-state index in [9.17, 15) is 4.39 Å². The zero-order valence-corrected chi connectivity index (χ0v) is 12.6. The van der Waals surface area contributed by atoms with Crippen molar-refractivity contribution in [2.24, 2.45) is 0 Å². The number of nitrogens with one attached hydrogen (secondary N) is 1. The molecular weight excluding hydrogens is 358 g/mol. The summed E-state index contributed by atoms with van der Waals surface area (Å²) in [6, 6.07) is 10.7. The van der Waals surface area contributed by atoms with Crippen LogP contribution in [0.2, 0.25) is 0 Å². The van der Waals surface area contributed by atoms with E-state index in [2.05, 4.69) is 5.32 Å². The minimum Gasteiger partial charge on any atom is -0.497 e. The average molecular weight is 372 g/mol. The van der Waals surface area contributed by atoms with Gasteiger partial charge in [-0.1, -0.05) is 12.1 Å². The van der Waals surface area contributed by atoms with Crippen molar-refractivity contribution < 1.29 is 9.13 Å². The minimum atomic E-state index is -0.271. The van der Waals surface area contributed by atoms with E-state index in [4.69, 9.17) is 10.5 Å². The van der Waals surface area contributed by atoms with E-state index in [1.165, 1.54) is 6.07 Å². The molecule has 0 aromatic heterocycles. The normalized spacial score (nSPS) is 10.3. The summed E-state index contributed by atoms with van der Waals surface area (Å²) in [4.78, 5) is 0. The maximum absolute atomic E-state index is 13.5. The van der Waals surface area contributed by atoms with Crippen LogP contribution in [0.5, 0.6) is 5.75 Å². The van der Waals surface area contributed by atoms with Gasteiger partial charge >= 0.3 is 0 Å². The Morgan fingerprint density at radius 3 is 2.58 bits per heavy atom. The number of halogens is 2. The van der Waals surface area contributed by atoms with Crippen LogP contribution in [0.1, 0.15) is 5.56 Å². The average Bonchev–Trinajstić information content (AvgIpc) is 2.42. The fourth-order valence-corrected chi connectivity index (χ4v) is 2.15. The Morgan fingerprint density at radius 1 is 1.26 bits per heavy atom. The van der Waals surface area contributed by atoms with E-state index in [0.717, 1.165) is 11.3 Å². The predicted octanol–water partition coefficient (Wildman–Crippen LogP) is 3.63. The maximum atomic E-state index is 13.5. The van der Waals surface area contributed by atoms with Gasteiger partial charge in [-0.25, -0.2) is 4.39 Å². The van der Waals surface area contributed by atoms with Crippen LogP contribution in [0.3, 0.4) is 0 Å². The third-order valence-corrected chi connectivity index (χ3v) is 3.56. The van der Waals surface area contributed by atoms with Gasteiger partial charge in [0.15, 0.2) is 0 Å². The highest BCUT2D eigenvalue weighted by atomic mass is 127. The Morgan fingerprint density at radius 2 is 1.95 bits per heavy atom. The third kappa shape index (κ3) is 3.50. The molecule has 0 heterocycles. The number of rotatable bonds is 4. The standard InChI is InChI=1S/C14H14FIN2O/c1-19-10-4-2-9(3-5-10)8-18-14-6-11(15)12(16)7-13(14)17/h2-7,18H,8,17H2,1H3. The zero-order chi connectivity index (χ0) is 13.8. The maximum Gasteiger partial charge on any atom is 0.138 e. The SMILES string of the molecule is COc1ccc(CNc2cc(F)c(I)cc2N)cc1. The van der Waals surface area contributed by atoms with E-state index in [1.54, 1.807) is 13.2 Å². The zero-order valence-electron chi connectivity index (χ0n) is 10.4. The second-order valence-electron chi connectivity index (χ2n) is 4.06. The van der Waals surface area contributed by atoms with E-state index in [-0.39, 0.29) is 5.82 Å². The second kappa shape index (κ2) is 6.10. The molecule has 2 aromatic rings. The van der Waals surface area contributed by atoms with E-state index in [0.29, 0.717) is 21.5 Å². The first-order chi connectivity index (χ1) is 9.10. The monoisotopic (exact) mass is 372 g/mol. The lowest BCUT2D eigenvalue weighted by Crippen LogP contribution is -2.03. The fourth-order valence-electron chi connectivity index (χ4n) is 1.66. The first kappa shape index (κ1) is 13.9. The van der Waals surface area contributed by atoms with Gasteiger partial charge in [0.1, 0.15) is 11.6 Å². The molecule has 19 heavy (non-hydrogen) atoms. The lowest BCUT2D eigenvalue weighted by atomic mass is 10.2. The molecule has 0 aliphatic heterocycles. The largest absolute Gasteiger partial charge is 0.497 e. The quantitative estimate of drug-likeness (QED) is 0.637. The summed E-state index contributed by atoms with van der Waals surface area (Å²) in [5.74, 6) is 0.538. The van der Waals surface area contributed by atoms with Crippen molar-refractivity contribution in [2.75, 3.05) is 18.2 Å². The fraction of sp³-hybridized carbons (Fsp3) is 0.143. The van der Waals surface area contributed by atoms with Crippen LogP contribution in [0.15, 0.2) is 36.4 Å². The molecule has 0 atom stereocenters. The smallest absolute Gasteiger partial charge is 0.138 e. The number of ether oxygens (including phenoxy) is 1. The van der Waals surface area contributed by atoms with Crippen molar-refractivity contribution in [3.63, 3.8) is 0 Å². The van der Waals surface area contributed by atoms with Crippen LogP contribution in [0, 0.1) is 9.39 Å². The van der Waals surface area contributed by atoms with Crippen LogP contribution in [0.4, 0.5) is 15.8 Å². The van der Waals surface area contributed by atoms with Crippen LogP contribution < -0.4 is 15.8 Å². The summed E-state index contributed by atoms with van der Waals surface area (Å²) in [5.41, 5.74) is 8.06. The van der Waals surface area contributed by atoms with Gasteiger partial charge in [-0.15, -0.1) is 0 Å². The van der Waals surface area contributed by atoms with Crippen molar-refractivity contribution in [1.82, 2.24) is 0 Å². The molecule has 100 valence electrons. The number of hydrogen-bond donors (Lipinski definition) is 2. The molecule has 2 aromatic carbocycles. The lowest BCUT2D eigenvalue weighted by molar-refractivity contribution is 0.414. The van der Waals surface area contributed by atoms with Crippen LogP contribution >= 0.6 is 22.6 Å². The van der Waals surface area contributed by atoms with Crippen LogP contribution in [-0.2, 0) is 6.54 Å². The number of nitrogen functional groups attached to an aromatic ring is 1. The molecule has 0 unspecified atom stereocenters. The second-order valence-corrected chi connectivity index (χ2v) is 5.22. The van der Waals surface area contributed by atoms with Gasteiger partial charge in [-0.05, 0) is 46.4 Å². The first-order valence-electron chi connectivity index (χ1n) is 5.71. The number of anilines is 2. The number of hydrogen-bond acceptors (Lipinski definition) is 3. The van der Waals surface area contributed by atoms with Crippen molar-refractivity contribution in [2.45, 2.75) is 6.54 Å². The molecule has 3 N–H and O–H groups in total.